The molecule has 1 aliphatic heterocycles. The molecule has 1 aromatic carbocycles. The molecule has 0 bridgehead atoms. The summed E-state index contributed by atoms with van der Waals surface area (Å²) in [7, 11) is -1.61. The number of rotatable bonds is 6. The summed E-state index contributed by atoms with van der Waals surface area (Å²) >= 11 is 0. The van der Waals surface area contributed by atoms with E-state index in [9.17, 15) is 8.42 Å². The van der Waals surface area contributed by atoms with Crippen molar-refractivity contribution >= 4 is 28.3 Å². The van der Waals surface area contributed by atoms with Crippen molar-refractivity contribution in [1.29, 1.82) is 0 Å². The van der Waals surface area contributed by atoms with Crippen LogP contribution >= 0.6 is 0 Å². The SMILES string of the molecule is COc1ccc(S(=O)(=O)Nc2cc(B3OC(C)(C)C(C)(C)O3)cnc2OC)cc1. The zero-order valence-electron chi connectivity index (χ0n) is 17.3. The standard InChI is InChI=1S/C19H25BN2O6S/c1-18(2)19(3,4)28-20(27-18)13-11-16(17(26-6)21-12-13)22-29(23,24)15-9-7-14(25-5)8-10-15/h7-12,22H,1-6H3. The minimum atomic E-state index is -3.86. The van der Waals surface area contributed by atoms with Crippen LogP contribution in [0.4, 0.5) is 5.69 Å². The summed E-state index contributed by atoms with van der Waals surface area (Å²) in [6.07, 6.45) is 1.55. The number of aromatic nitrogens is 1. The molecule has 1 aromatic heterocycles. The van der Waals surface area contributed by atoms with Gasteiger partial charge in [-0.05, 0) is 58.0 Å². The van der Waals surface area contributed by atoms with E-state index >= 15 is 0 Å². The van der Waals surface area contributed by atoms with Gasteiger partial charge in [-0.2, -0.15) is 0 Å². The van der Waals surface area contributed by atoms with E-state index in [1.807, 2.05) is 27.7 Å². The van der Waals surface area contributed by atoms with E-state index in [1.54, 1.807) is 24.4 Å². The fraction of sp³-hybridized carbons (Fsp3) is 0.421. The van der Waals surface area contributed by atoms with Crippen molar-refractivity contribution < 1.29 is 27.2 Å². The summed E-state index contributed by atoms with van der Waals surface area (Å²) < 4.78 is 50.5. The van der Waals surface area contributed by atoms with Gasteiger partial charge in [-0.1, -0.05) is 0 Å². The van der Waals surface area contributed by atoms with Gasteiger partial charge < -0.3 is 18.8 Å². The normalized spacial score (nSPS) is 17.8. The molecule has 1 fully saturated rings. The van der Waals surface area contributed by atoms with Crippen molar-refractivity contribution in [2.75, 3.05) is 18.9 Å². The number of nitrogens with one attached hydrogen (secondary N) is 1. The molecule has 156 valence electrons. The van der Waals surface area contributed by atoms with Gasteiger partial charge in [0.15, 0.2) is 0 Å². The number of hydrogen-bond acceptors (Lipinski definition) is 7. The first-order valence-electron chi connectivity index (χ1n) is 9.05. The average Bonchev–Trinajstić information content (AvgIpc) is 2.89. The predicted molar refractivity (Wildman–Crippen MR) is 110 cm³/mol. The van der Waals surface area contributed by atoms with Crippen molar-refractivity contribution in [3.05, 3.63) is 36.5 Å². The molecule has 0 unspecified atom stereocenters. The third kappa shape index (κ3) is 4.19. The molecule has 1 aliphatic rings. The number of sulfonamides is 1. The molecule has 0 saturated carbocycles. The van der Waals surface area contributed by atoms with Crippen LogP contribution in [0.3, 0.4) is 0 Å². The molecule has 1 saturated heterocycles. The van der Waals surface area contributed by atoms with Gasteiger partial charge in [0.25, 0.3) is 10.0 Å². The maximum Gasteiger partial charge on any atom is 0.496 e. The third-order valence-corrected chi connectivity index (χ3v) is 6.59. The Balaban J connectivity index is 1.91. The summed E-state index contributed by atoms with van der Waals surface area (Å²) in [5.41, 5.74) is -0.284. The zero-order valence-corrected chi connectivity index (χ0v) is 18.2. The Morgan fingerprint density at radius 3 is 2.10 bits per heavy atom. The summed E-state index contributed by atoms with van der Waals surface area (Å²) in [6.45, 7) is 7.77. The van der Waals surface area contributed by atoms with Crippen LogP contribution in [0.25, 0.3) is 0 Å². The van der Waals surface area contributed by atoms with Gasteiger partial charge in [-0.3, -0.25) is 4.72 Å². The highest BCUT2D eigenvalue weighted by molar-refractivity contribution is 7.92. The molecule has 1 N–H and O–H groups in total. The first kappa shape index (κ1) is 21.4. The maximum atomic E-state index is 12.8. The molecule has 3 rings (SSSR count). The Hall–Kier alpha value is -2.30. The van der Waals surface area contributed by atoms with Gasteiger partial charge in [-0.15, -0.1) is 0 Å². The lowest BCUT2D eigenvalue weighted by Gasteiger charge is -2.32. The molecule has 0 atom stereocenters. The van der Waals surface area contributed by atoms with Crippen molar-refractivity contribution in [3.63, 3.8) is 0 Å². The largest absolute Gasteiger partial charge is 0.497 e. The number of benzene rings is 1. The molecule has 0 spiro atoms. The highest BCUT2D eigenvalue weighted by Crippen LogP contribution is 2.37. The van der Waals surface area contributed by atoms with Gasteiger partial charge in [-0.25, -0.2) is 13.4 Å². The zero-order chi connectivity index (χ0) is 21.4. The minimum absolute atomic E-state index is 0.0846. The van der Waals surface area contributed by atoms with Crippen LogP contribution in [-0.2, 0) is 19.3 Å². The van der Waals surface area contributed by atoms with Crippen molar-refractivity contribution in [2.24, 2.45) is 0 Å². The van der Waals surface area contributed by atoms with E-state index < -0.39 is 28.3 Å². The summed E-state index contributed by atoms with van der Waals surface area (Å²) in [5.74, 6) is 0.702. The summed E-state index contributed by atoms with van der Waals surface area (Å²) in [6, 6.07) is 7.67. The van der Waals surface area contributed by atoms with Gasteiger partial charge >= 0.3 is 7.12 Å². The van der Waals surface area contributed by atoms with Gasteiger partial charge in [0.1, 0.15) is 11.4 Å². The lowest BCUT2D eigenvalue weighted by molar-refractivity contribution is 0.00578. The van der Waals surface area contributed by atoms with E-state index in [1.165, 1.54) is 26.4 Å². The fourth-order valence-corrected chi connectivity index (χ4v) is 3.82. The average molecular weight is 420 g/mol. The van der Waals surface area contributed by atoms with E-state index in [2.05, 4.69) is 9.71 Å². The van der Waals surface area contributed by atoms with E-state index in [0.29, 0.717) is 11.2 Å². The van der Waals surface area contributed by atoms with Crippen LogP contribution in [0.1, 0.15) is 27.7 Å². The molecule has 2 heterocycles. The predicted octanol–water partition coefficient (Wildman–Crippen LogP) is 2.20. The Morgan fingerprint density at radius 1 is 1.00 bits per heavy atom. The molecule has 8 nitrogen and oxygen atoms in total. The number of nitrogens with zero attached hydrogens (tertiary/aromatic N) is 1. The van der Waals surface area contributed by atoms with Gasteiger partial charge in [0.2, 0.25) is 5.88 Å². The molecule has 29 heavy (non-hydrogen) atoms. The monoisotopic (exact) mass is 420 g/mol. The topological polar surface area (TPSA) is 96.0 Å². The minimum Gasteiger partial charge on any atom is -0.497 e. The molecule has 10 heteroatoms. The Kier molecular flexibility index (Phi) is 5.55. The number of pyridine rings is 1. The maximum absolute atomic E-state index is 12.8. The second-order valence-electron chi connectivity index (χ2n) is 7.69. The van der Waals surface area contributed by atoms with Crippen molar-refractivity contribution in [2.45, 2.75) is 43.8 Å². The molecule has 0 aliphatic carbocycles. The van der Waals surface area contributed by atoms with Crippen LogP contribution in [0, 0.1) is 0 Å². The van der Waals surface area contributed by atoms with Crippen molar-refractivity contribution in [1.82, 2.24) is 4.98 Å². The number of hydrogen-bond donors (Lipinski definition) is 1. The van der Waals surface area contributed by atoms with Crippen LogP contribution in [0.5, 0.6) is 11.6 Å². The quantitative estimate of drug-likeness (QED) is 0.716. The lowest BCUT2D eigenvalue weighted by atomic mass is 9.80. The van der Waals surface area contributed by atoms with E-state index in [0.717, 1.165) is 0 Å². The van der Waals surface area contributed by atoms with Gasteiger partial charge in [0, 0.05) is 11.7 Å². The Morgan fingerprint density at radius 2 is 1.59 bits per heavy atom. The second-order valence-corrected chi connectivity index (χ2v) is 9.38. The van der Waals surface area contributed by atoms with Crippen LogP contribution < -0.4 is 19.7 Å². The number of ether oxygens (including phenoxy) is 2. The molecule has 0 radical (unpaired) electrons. The lowest BCUT2D eigenvalue weighted by Crippen LogP contribution is -2.41. The Labute approximate surface area is 171 Å². The first-order valence-corrected chi connectivity index (χ1v) is 10.5. The highest BCUT2D eigenvalue weighted by atomic mass is 32.2. The Bertz CT molecular complexity index is 976. The van der Waals surface area contributed by atoms with E-state index in [-0.39, 0.29) is 16.5 Å². The molecular weight excluding hydrogens is 395 g/mol. The first-order chi connectivity index (χ1) is 13.5. The number of methoxy groups -OCH3 is 2. The third-order valence-electron chi connectivity index (χ3n) is 5.21. The fourth-order valence-electron chi connectivity index (χ4n) is 2.77. The second kappa shape index (κ2) is 7.51. The molecule has 2 aromatic rings. The summed E-state index contributed by atoms with van der Waals surface area (Å²) in [5, 5.41) is 0. The smallest absolute Gasteiger partial charge is 0.496 e. The van der Waals surface area contributed by atoms with Crippen LogP contribution in [0.2, 0.25) is 0 Å². The van der Waals surface area contributed by atoms with E-state index in [4.69, 9.17) is 18.8 Å². The molecule has 0 amide bonds. The number of anilines is 1. The van der Waals surface area contributed by atoms with Gasteiger partial charge in [0.05, 0.1) is 30.3 Å². The molecular formula is C19H25BN2O6S. The van der Waals surface area contributed by atoms with Crippen molar-refractivity contribution in [3.8, 4) is 11.6 Å². The van der Waals surface area contributed by atoms with Crippen LogP contribution in [-0.4, -0.2) is 45.9 Å². The highest BCUT2D eigenvalue weighted by Gasteiger charge is 2.52. The van der Waals surface area contributed by atoms with Crippen LogP contribution in [0.15, 0.2) is 41.4 Å². The summed E-state index contributed by atoms with van der Waals surface area (Å²) in [4.78, 5) is 4.30.